The lowest BCUT2D eigenvalue weighted by Gasteiger charge is -2.05. The van der Waals surface area contributed by atoms with Crippen molar-refractivity contribution in [3.8, 4) is 0 Å². The lowest BCUT2D eigenvalue weighted by atomic mass is 10.2. The zero-order valence-electron chi connectivity index (χ0n) is 13.0. The van der Waals surface area contributed by atoms with Gasteiger partial charge in [0.25, 0.3) is 5.91 Å². The van der Waals surface area contributed by atoms with E-state index in [-0.39, 0.29) is 11.2 Å². The topological polar surface area (TPSA) is 72.2 Å². The van der Waals surface area contributed by atoms with Crippen molar-refractivity contribution < 1.29 is 9.21 Å². The Hall–Kier alpha value is -2.70. The summed E-state index contributed by atoms with van der Waals surface area (Å²) in [6.45, 7) is 1.93. The molecule has 0 aliphatic heterocycles. The molecule has 0 fully saturated rings. The molecular formula is C18H11ClN2O3S. The molecular weight excluding hydrogens is 360 g/mol. The molecule has 4 aromatic rings. The number of fused-ring (bicyclic) bond motifs is 2. The first-order chi connectivity index (χ1) is 12.0. The van der Waals surface area contributed by atoms with Crippen LogP contribution in [0.15, 0.2) is 51.7 Å². The third kappa shape index (κ3) is 3.01. The standard InChI is InChI=1S/C18H11ClN2O3S/c1-9-20-13-4-3-11(7-17(13)25-9)21-18(23)16-8-14(22)12-6-10(19)2-5-15(12)24-16/h2-8H,1H3,(H,21,23). The Balaban J connectivity index is 1.68. The van der Waals surface area contributed by atoms with E-state index in [2.05, 4.69) is 10.3 Å². The number of halogens is 1. The molecule has 2 heterocycles. The number of amides is 1. The number of aromatic nitrogens is 1. The minimum atomic E-state index is -0.491. The number of carbonyl (C=O) groups excluding carboxylic acids is 1. The number of carbonyl (C=O) groups is 1. The number of rotatable bonds is 2. The van der Waals surface area contributed by atoms with Gasteiger partial charge < -0.3 is 9.73 Å². The Morgan fingerprint density at radius 2 is 2.04 bits per heavy atom. The summed E-state index contributed by atoms with van der Waals surface area (Å²) in [5.41, 5.74) is 1.49. The number of thiazole rings is 1. The SMILES string of the molecule is Cc1nc2ccc(NC(=O)c3cc(=O)c4cc(Cl)ccc4o3)cc2s1. The first-order valence-corrected chi connectivity index (χ1v) is 8.61. The van der Waals surface area contributed by atoms with Crippen LogP contribution in [-0.2, 0) is 0 Å². The maximum absolute atomic E-state index is 12.4. The fraction of sp³-hybridized carbons (Fsp3) is 0.0556. The molecule has 0 aliphatic carbocycles. The molecule has 7 heteroatoms. The fourth-order valence-electron chi connectivity index (χ4n) is 2.55. The van der Waals surface area contributed by atoms with E-state index in [0.717, 1.165) is 15.2 Å². The maximum atomic E-state index is 12.4. The molecule has 0 aliphatic rings. The summed E-state index contributed by atoms with van der Waals surface area (Å²) in [5, 5.41) is 4.47. The minimum Gasteiger partial charge on any atom is -0.451 e. The summed E-state index contributed by atoms with van der Waals surface area (Å²) in [7, 11) is 0. The Morgan fingerprint density at radius 1 is 1.20 bits per heavy atom. The van der Waals surface area contributed by atoms with Crippen LogP contribution in [0.1, 0.15) is 15.6 Å². The van der Waals surface area contributed by atoms with Crippen molar-refractivity contribution in [3.63, 3.8) is 0 Å². The largest absolute Gasteiger partial charge is 0.451 e. The fourth-order valence-corrected chi connectivity index (χ4v) is 3.59. The molecule has 1 amide bonds. The third-order valence-corrected chi connectivity index (χ3v) is 4.83. The van der Waals surface area contributed by atoms with Gasteiger partial charge in [-0.3, -0.25) is 9.59 Å². The number of nitrogens with one attached hydrogen (secondary N) is 1. The zero-order valence-corrected chi connectivity index (χ0v) is 14.6. The van der Waals surface area contributed by atoms with Gasteiger partial charge in [0.15, 0.2) is 11.2 Å². The minimum absolute atomic E-state index is 0.0552. The molecule has 0 spiro atoms. The van der Waals surface area contributed by atoms with Crippen molar-refractivity contribution in [1.82, 2.24) is 4.98 Å². The number of hydrogen-bond donors (Lipinski definition) is 1. The van der Waals surface area contributed by atoms with Gasteiger partial charge in [-0.1, -0.05) is 11.6 Å². The Morgan fingerprint density at radius 3 is 2.88 bits per heavy atom. The van der Waals surface area contributed by atoms with Crippen LogP contribution >= 0.6 is 22.9 Å². The van der Waals surface area contributed by atoms with Crippen LogP contribution < -0.4 is 10.7 Å². The average molecular weight is 371 g/mol. The second kappa shape index (κ2) is 5.98. The maximum Gasteiger partial charge on any atom is 0.291 e. The molecule has 0 bridgehead atoms. The van der Waals surface area contributed by atoms with Crippen molar-refractivity contribution in [2.24, 2.45) is 0 Å². The predicted molar refractivity (Wildman–Crippen MR) is 99.8 cm³/mol. The molecule has 2 aromatic heterocycles. The molecule has 0 saturated carbocycles. The summed E-state index contributed by atoms with van der Waals surface area (Å²) < 4.78 is 6.52. The lowest BCUT2D eigenvalue weighted by Crippen LogP contribution is -2.14. The van der Waals surface area contributed by atoms with Gasteiger partial charge in [-0.15, -0.1) is 11.3 Å². The highest BCUT2D eigenvalue weighted by atomic mass is 35.5. The molecule has 0 atom stereocenters. The van der Waals surface area contributed by atoms with Crippen LogP contribution in [0.2, 0.25) is 5.02 Å². The first kappa shape index (κ1) is 15.8. The molecule has 124 valence electrons. The van der Waals surface area contributed by atoms with E-state index in [1.807, 2.05) is 19.1 Å². The highest BCUT2D eigenvalue weighted by molar-refractivity contribution is 7.18. The predicted octanol–water partition coefficient (Wildman–Crippen LogP) is 4.62. The molecule has 25 heavy (non-hydrogen) atoms. The van der Waals surface area contributed by atoms with E-state index >= 15 is 0 Å². The number of anilines is 1. The van der Waals surface area contributed by atoms with Gasteiger partial charge in [0, 0.05) is 16.8 Å². The molecule has 1 N–H and O–H groups in total. The van der Waals surface area contributed by atoms with Gasteiger partial charge in [0.05, 0.1) is 20.6 Å². The van der Waals surface area contributed by atoms with Crippen LogP contribution in [0.3, 0.4) is 0 Å². The van der Waals surface area contributed by atoms with Crippen molar-refractivity contribution in [2.45, 2.75) is 6.92 Å². The highest BCUT2D eigenvalue weighted by Crippen LogP contribution is 2.25. The second-order valence-electron chi connectivity index (χ2n) is 5.48. The molecule has 0 radical (unpaired) electrons. The van der Waals surface area contributed by atoms with Crippen LogP contribution in [-0.4, -0.2) is 10.9 Å². The van der Waals surface area contributed by atoms with Crippen LogP contribution in [0.4, 0.5) is 5.69 Å². The average Bonchev–Trinajstić information content (AvgIpc) is 2.94. The summed E-state index contributed by atoms with van der Waals surface area (Å²) in [4.78, 5) is 29.0. The second-order valence-corrected chi connectivity index (χ2v) is 7.16. The number of hydrogen-bond acceptors (Lipinski definition) is 5. The normalized spacial score (nSPS) is 11.1. The summed E-state index contributed by atoms with van der Waals surface area (Å²) in [6.07, 6.45) is 0. The summed E-state index contributed by atoms with van der Waals surface area (Å²) in [6, 6.07) is 11.3. The summed E-state index contributed by atoms with van der Waals surface area (Å²) in [5.74, 6) is -0.546. The van der Waals surface area contributed by atoms with E-state index in [9.17, 15) is 9.59 Å². The van der Waals surface area contributed by atoms with Gasteiger partial charge in [-0.05, 0) is 43.3 Å². The van der Waals surface area contributed by atoms with Crippen LogP contribution in [0, 0.1) is 6.92 Å². The molecule has 0 saturated heterocycles. The van der Waals surface area contributed by atoms with Crippen LogP contribution in [0.5, 0.6) is 0 Å². The van der Waals surface area contributed by atoms with E-state index < -0.39 is 5.91 Å². The smallest absolute Gasteiger partial charge is 0.291 e. The summed E-state index contributed by atoms with van der Waals surface area (Å²) >= 11 is 7.43. The first-order valence-electron chi connectivity index (χ1n) is 7.41. The quantitative estimate of drug-likeness (QED) is 0.559. The van der Waals surface area contributed by atoms with Gasteiger partial charge in [-0.25, -0.2) is 4.98 Å². The van der Waals surface area contributed by atoms with Crippen LogP contribution in [0.25, 0.3) is 21.2 Å². The lowest BCUT2D eigenvalue weighted by molar-refractivity contribution is 0.0997. The van der Waals surface area contributed by atoms with E-state index in [1.165, 1.54) is 12.1 Å². The van der Waals surface area contributed by atoms with Crippen molar-refractivity contribution in [2.75, 3.05) is 5.32 Å². The van der Waals surface area contributed by atoms with Gasteiger partial charge >= 0.3 is 0 Å². The van der Waals surface area contributed by atoms with Gasteiger partial charge in [0.1, 0.15) is 5.58 Å². The number of nitrogens with zero attached hydrogens (tertiary/aromatic N) is 1. The molecule has 2 aromatic carbocycles. The Bertz CT molecular complexity index is 1200. The van der Waals surface area contributed by atoms with Crippen molar-refractivity contribution in [3.05, 3.63) is 68.5 Å². The van der Waals surface area contributed by atoms with Crippen molar-refractivity contribution in [1.29, 1.82) is 0 Å². The van der Waals surface area contributed by atoms with E-state index in [4.69, 9.17) is 16.0 Å². The number of benzene rings is 2. The zero-order chi connectivity index (χ0) is 17.6. The number of aryl methyl sites for hydroxylation is 1. The molecule has 0 unspecified atom stereocenters. The Labute approximate surface area is 150 Å². The van der Waals surface area contributed by atoms with E-state index in [0.29, 0.717) is 21.7 Å². The van der Waals surface area contributed by atoms with Gasteiger partial charge in [-0.2, -0.15) is 0 Å². The Kier molecular flexibility index (Phi) is 3.78. The highest BCUT2D eigenvalue weighted by Gasteiger charge is 2.13. The third-order valence-electron chi connectivity index (χ3n) is 3.67. The molecule has 4 rings (SSSR count). The van der Waals surface area contributed by atoms with E-state index in [1.54, 1.807) is 29.5 Å². The van der Waals surface area contributed by atoms with Gasteiger partial charge in [0.2, 0.25) is 0 Å². The van der Waals surface area contributed by atoms with Crippen molar-refractivity contribution >= 4 is 55.7 Å². The molecule has 5 nitrogen and oxygen atoms in total. The monoisotopic (exact) mass is 370 g/mol.